The number of benzene rings is 2. The minimum Gasteiger partial charge on any atom is -0.497 e. The number of nitrogens with zero attached hydrogens (tertiary/aromatic N) is 2. The highest BCUT2D eigenvalue weighted by atomic mass is 35.5. The van der Waals surface area contributed by atoms with Crippen molar-refractivity contribution in [2.45, 2.75) is 37.9 Å². The van der Waals surface area contributed by atoms with Crippen molar-refractivity contribution < 1.29 is 17.9 Å². The lowest BCUT2D eigenvalue weighted by Crippen LogP contribution is -2.36. The largest absolute Gasteiger partial charge is 0.497 e. The summed E-state index contributed by atoms with van der Waals surface area (Å²) in [7, 11) is -2.17. The fraction of sp³-hybridized carbons (Fsp3) is 0.286. The van der Waals surface area contributed by atoms with Crippen LogP contribution in [0, 0.1) is 0 Å². The van der Waals surface area contributed by atoms with Gasteiger partial charge in [0.25, 0.3) is 0 Å². The maximum absolute atomic E-state index is 13.2. The van der Waals surface area contributed by atoms with Crippen LogP contribution in [0.5, 0.6) is 11.5 Å². The highest BCUT2D eigenvalue weighted by Gasteiger charge is 2.28. The molecular formula is C21H22Cl2N2O4S2. The van der Waals surface area contributed by atoms with Crippen LogP contribution in [0.25, 0.3) is 0 Å². The van der Waals surface area contributed by atoms with E-state index in [0.717, 1.165) is 0 Å². The maximum atomic E-state index is 13.2. The molecule has 0 atom stereocenters. The lowest BCUT2D eigenvalue weighted by Gasteiger charge is -2.25. The van der Waals surface area contributed by atoms with Gasteiger partial charge in [0.05, 0.1) is 29.3 Å². The number of thiazole rings is 1. The van der Waals surface area contributed by atoms with E-state index in [2.05, 4.69) is 4.98 Å². The number of halogens is 2. The molecule has 10 heteroatoms. The lowest BCUT2D eigenvalue weighted by atomic mass is 10.3. The van der Waals surface area contributed by atoms with Gasteiger partial charge >= 0.3 is 0 Å². The molecule has 0 N–H and O–H groups in total. The summed E-state index contributed by atoms with van der Waals surface area (Å²) in [6.45, 7) is 4.02. The average Bonchev–Trinajstić information content (AvgIpc) is 3.20. The van der Waals surface area contributed by atoms with Gasteiger partial charge in [0.1, 0.15) is 23.1 Å². The first-order valence-corrected chi connectivity index (χ1v) is 12.5. The molecule has 0 saturated heterocycles. The molecule has 3 rings (SSSR count). The van der Waals surface area contributed by atoms with Gasteiger partial charge < -0.3 is 9.47 Å². The third kappa shape index (κ3) is 5.90. The minimum absolute atomic E-state index is 0.153. The zero-order valence-corrected chi connectivity index (χ0v) is 20.4. The highest BCUT2D eigenvalue weighted by Crippen LogP contribution is 2.29. The molecular weight excluding hydrogens is 479 g/mol. The number of hydrogen-bond donors (Lipinski definition) is 0. The van der Waals surface area contributed by atoms with Gasteiger partial charge in [-0.25, -0.2) is 13.4 Å². The molecule has 166 valence electrons. The van der Waals surface area contributed by atoms with E-state index in [1.54, 1.807) is 42.5 Å². The van der Waals surface area contributed by atoms with Gasteiger partial charge in [0.15, 0.2) is 0 Å². The van der Waals surface area contributed by atoms with Crippen LogP contribution < -0.4 is 9.47 Å². The Labute approximate surface area is 196 Å². The molecule has 0 aliphatic heterocycles. The first kappa shape index (κ1) is 23.8. The zero-order valence-electron chi connectivity index (χ0n) is 17.2. The van der Waals surface area contributed by atoms with Crippen LogP contribution in [0.3, 0.4) is 0 Å². The van der Waals surface area contributed by atoms with E-state index in [1.807, 2.05) is 19.2 Å². The molecule has 31 heavy (non-hydrogen) atoms. The zero-order chi connectivity index (χ0) is 22.6. The van der Waals surface area contributed by atoms with Crippen LogP contribution >= 0.6 is 34.5 Å². The Hall–Kier alpha value is -1.84. The Morgan fingerprint density at radius 1 is 1.13 bits per heavy atom. The van der Waals surface area contributed by atoms with Crippen LogP contribution in [0.1, 0.15) is 24.5 Å². The molecule has 1 aromatic heterocycles. The number of sulfonamides is 1. The standard InChI is InChI=1S/C21H22Cl2N2O4S2/c1-14(2)25(31(26,27)18-7-5-17(28-3)6-8-18)11-16-13-30-21(24-16)12-29-20-10-15(22)4-9-19(20)23/h4-10,13-14H,11-12H2,1-3H3. The Balaban J connectivity index is 1.73. The maximum Gasteiger partial charge on any atom is 0.243 e. The first-order valence-electron chi connectivity index (χ1n) is 9.37. The molecule has 0 saturated carbocycles. The number of methoxy groups -OCH3 is 1. The van der Waals surface area contributed by atoms with Crippen LogP contribution in [0.15, 0.2) is 52.7 Å². The Morgan fingerprint density at radius 3 is 2.48 bits per heavy atom. The number of ether oxygens (including phenoxy) is 2. The lowest BCUT2D eigenvalue weighted by molar-refractivity contribution is 0.304. The van der Waals surface area contributed by atoms with Crippen molar-refractivity contribution in [3.8, 4) is 11.5 Å². The van der Waals surface area contributed by atoms with Crippen molar-refractivity contribution >= 4 is 44.6 Å². The monoisotopic (exact) mass is 500 g/mol. The van der Waals surface area contributed by atoms with E-state index >= 15 is 0 Å². The van der Waals surface area contributed by atoms with Crippen LogP contribution in [0.4, 0.5) is 0 Å². The summed E-state index contributed by atoms with van der Waals surface area (Å²) >= 11 is 13.5. The smallest absolute Gasteiger partial charge is 0.243 e. The molecule has 3 aromatic rings. The summed E-state index contributed by atoms with van der Waals surface area (Å²) in [5.41, 5.74) is 0.645. The van der Waals surface area contributed by atoms with Gasteiger partial charge in [-0.3, -0.25) is 0 Å². The SMILES string of the molecule is COc1ccc(S(=O)(=O)N(Cc2csc(COc3cc(Cl)ccc3Cl)n2)C(C)C)cc1. The van der Waals surface area contributed by atoms with Crippen molar-refractivity contribution in [3.05, 3.63) is 68.6 Å². The molecule has 0 unspecified atom stereocenters. The van der Waals surface area contributed by atoms with Crippen molar-refractivity contribution in [2.75, 3.05) is 7.11 Å². The van der Waals surface area contributed by atoms with Crippen molar-refractivity contribution in [1.82, 2.24) is 9.29 Å². The fourth-order valence-electron chi connectivity index (χ4n) is 2.80. The fourth-order valence-corrected chi connectivity index (χ4v) is 5.44. The van der Waals surface area contributed by atoms with Gasteiger partial charge in [-0.15, -0.1) is 11.3 Å². The van der Waals surface area contributed by atoms with Crippen LogP contribution in [-0.4, -0.2) is 30.9 Å². The van der Waals surface area contributed by atoms with E-state index < -0.39 is 10.0 Å². The summed E-state index contributed by atoms with van der Waals surface area (Å²) in [6, 6.07) is 11.1. The van der Waals surface area contributed by atoms with E-state index in [4.69, 9.17) is 32.7 Å². The molecule has 0 bridgehead atoms. The quantitative estimate of drug-likeness (QED) is 0.380. The number of rotatable bonds is 9. The van der Waals surface area contributed by atoms with Crippen LogP contribution in [-0.2, 0) is 23.2 Å². The summed E-state index contributed by atoms with van der Waals surface area (Å²) in [5.74, 6) is 1.07. The molecule has 2 aromatic carbocycles. The number of aromatic nitrogens is 1. The van der Waals surface area contributed by atoms with E-state index in [0.29, 0.717) is 32.2 Å². The van der Waals surface area contributed by atoms with Crippen molar-refractivity contribution in [3.63, 3.8) is 0 Å². The summed E-state index contributed by atoms with van der Waals surface area (Å²) in [6.07, 6.45) is 0. The Morgan fingerprint density at radius 2 is 1.84 bits per heavy atom. The molecule has 6 nitrogen and oxygen atoms in total. The Kier molecular flexibility index (Phi) is 7.82. The summed E-state index contributed by atoms with van der Waals surface area (Å²) in [5, 5.41) is 3.52. The predicted octanol–water partition coefficient (Wildman–Crippen LogP) is 5.64. The normalized spacial score (nSPS) is 11.8. The molecule has 0 amide bonds. The van der Waals surface area contributed by atoms with Crippen molar-refractivity contribution in [1.29, 1.82) is 0 Å². The summed E-state index contributed by atoms with van der Waals surface area (Å²) < 4.78 is 38.6. The Bertz CT molecular complexity index is 1130. The van der Waals surface area contributed by atoms with E-state index in [9.17, 15) is 8.42 Å². The first-order chi connectivity index (χ1) is 14.7. The molecule has 0 fully saturated rings. The molecule has 0 aliphatic rings. The van der Waals surface area contributed by atoms with Gasteiger partial charge in [-0.2, -0.15) is 4.31 Å². The van der Waals surface area contributed by atoms with E-state index in [1.165, 1.54) is 22.8 Å². The van der Waals surface area contributed by atoms with Gasteiger partial charge in [0, 0.05) is 22.5 Å². The number of hydrogen-bond acceptors (Lipinski definition) is 6. The second-order valence-corrected chi connectivity index (χ2v) is 10.6. The highest BCUT2D eigenvalue weighted by molar-refractivity contribution is 7.89. The summed E-state index contributed by atoms with van der Waals surface area (Å²) in [4.78, 5) is 4.73. The molecule has 0 radical (unpaired) electrons. The third-order valence-electron chi connectivity index (χ3n) is 4.40. The molecule has 0 aliphatic carbocycles. The molecule has 1 heterocycles. The van der Waals surface area contributed by atoms with Gasteiger partial charge in [-0.1, -0.05) is 23.2 Å². The minimum atomic E-state index is -3.70. The van der Waals surface area contributed by atoms with Crippen molar-refractivity contribution in [2.24, 2.45) is 0 Å². The average molecular weight is 501 g/mol. The van der Waals surface area contributed by atoms with Gasteiger partial charge in [0.2, 0.25) is 10.0 Å². The van der Waals surface area contributed by atoms with Crippen LogP contribution in [0.2, 0.25) is 10.0 Å². The molecule has 0 spiro atoms. The topological polar surface area (TPSA) is 68.7 Å². The predicted molar refractivity (Wildman–Crippen MR) is 124 cm³/mol. The van der Waals surface area contributed by atoms with E-state index in [-0.39, 0.29) is 24.1 Å². The van der Waals surface area contributed by atoms with Gasteiger partial charge in [-0.05, 0) is 50.2 Å². The second kappa shape index (κ2) is 10.2. The third-order valence-corrected chi connectivity index (χ3v) is 7.86. The second-order valence-electron chi connectivity index (χ2n) is 6.92.